The molecule has 0 aliphatic heterocycles. The van der Waals surface area contributed by atoms with Crippen LogP contribution in [0.1, 0.15) is 31.9 Å². The van der Waals surface area contributed by atoms with E-state index in [1.807, 2.05) is 51.1 Å². The second kappa shape index (κ2) is 13.4. The second-order valence-electron chi connectivity index (χ2n) is 10.4. The van der Waals surface area contributed by atoms with Gasteiger partial charge in [0.25, 0.3) is 0 Å². The Morgan fingerprint density at radius 1 is 0.975 bits per heavy atom. The van der Waals surface area contributed by atoms with Gasteiger partial charge in [0.05, 0.1) is 11.9 Å². The maximum atomic E-state index is 14.1. The quantitative estimate of drug-likeness (QED) is 0.284. The third-order valence-electron chi connectivity index (χ3n) is 5.92. The van der Waals surface area contributed by atoms with E-state index in [0.29, 0.717) is 21.3 Å². The zero-order valence-electron chi connectivity index (χ0n) is 22.7. The van der Waals surface area contributed by atoms with Crippen LogP contribution in [0, 0.1) is 0 Å². The Balaban J connectivity index is 2.09. The number of anilines is 1. The topological polar surface area (TPSA) is 86.8 Å². The molecule has 0 spiro atoms. The highest BCUT2D eigenvalue weighted by molar-refractivity contribution is 9.10. The van der Waals surface area contributed by atoms with Gasteiger partial charge in [-0.15, -0.1) is 0 Å². The van der Waals surface area contributed by atoms with E-state index in [0.717, 1.165) is 20.6 Å². The molecule has 3 rings (SSSR count). The normalized spacial score (nSPS) is 12.5. The predicted molar refractivity (Wildman–Crippen MR) is 165 cm³/mol. The minimum atomic E-state index is -3.85. The van der Waals surface area contributed by atoms with Crippen LogP contribution in [0.2, 0.25) is 10.0 Å². The largest absolute Gasteiger partial charge is 0.350 e. The predicted octanol–water partition coefficient (Wildman–Crippen LogP) is 6.08. The summed E-state index contributed by atoms with van der Waals surface area (Å²) in [7, 11) is -3.85. The highest BCUT2D eigenvalue weighted by Gasteiger charge is 2.34. The van der Waals surface area contributed by atoms with E-state index in [9.17, 15) is 18.0 Å². The number of benzene rings is 3. The molecule has 7 nitrogen and oxygen atoms in total. The molecule has 0 radical (unpaired) electrons. The molecule has 0 aromatic heterocycles. The Bertz CT molecular complexity index is 1450. The Morgan fingerprint density at radius 2 is 1.60 bits per heavy atom. The molecule has 3 aromatic rings. The van der Waals surface area contributed by atoms with Crippen molar-refractivity contribution in [3.63, 3.8) is 0 Å². The lowest BCUT2D eigenvalue weighted by Gasteiger charge is -2.35. The second-order valence-corrected chi connectivity index (χ2v) is 14.1. The Morgan fingerprint density at radius 3 is 2.15 bits per heavy atom. The minimum absolute atomic E-state index is 0.0398. The van der Waals surface area contributed by atoms with Crippen molar-refractivity contribution in [3.8, 4) is 0 Å². The van der Waals surface area contributed by atoms with E-state index >= 15 is 0 Å². The fourth-order valence-electron chi connectivity index (χ4n) is 4.06. The highest BCUT2D eigenvalue weighted by Crippen LogP contribution is 2.26. The standard InChI is InChI=1S/C29H32BrCl2N3O4S/c1-29(2,3)33-28(37)26(16-20-8-6-5-7-9-20)34(18-21-10-13-23(31)17-25(21)32)27(36)19-35(40(4,38)39)24-14-11-22(30)12-15-24/h5-15,17,26H,16,18-19H2,1-4H3,(H,33,37)/t26-/m0/s1. The third-order valence-corrected chi connectivity index (χ3v) is 8.18. The van der Waals surface area contributed by atoms with Crippen molar-refractivity contribution in [2.24, 2.45) is 0 Å². The van der Waals surface area contributed by atoms with Crippen molar-refractivity contribution in [2.75, 3.05) is 17.1 Å². The van der Waals surface area contributed by atoms with Crippen molar-refractivity contribution in [1.29, 1.82) is 0 Å². The molecule has 1 N–H and O–H groups in total. The first-order valence-corrected chi connectivity index (χ1v) is 15.9. The fourth-order valence-corrected chi connectivity index (χ4v) is 5.64. The Kier molecular flexibility index (Phi) is 10.7. The first-order valence-electron chi connectivity index (χ1n) is 12.5. The molecule has 0 aliphatic carbocycles. The number of sulfonamides is 1. The molecule has 0 saturated heterocycles. The summed E-state index contributed by atoms with van der Waals surface area (Å²) in [6.45, 7) is 5.00. The first kappa shape index (κ1) is 31.9. The maximum absolute atomic E-state index is 14.1. The molecule has 214 valence electrons. The molecule has 2 amide bonds. The monoisotopic (exact) mass is 667 g/mol. The fraction of sp³-hybridized carbons (Fsp3) is 0.310. The van der Waals surface area contributed by atoms with E-state index in [2.05, 4.69) is 21.2 Å². The maximum Gasteiger partial charge on any atom is 0.244 e. The van der Waals surface area contributed by atoms with Crippen LogP contribution in [-0.4, -0.2) is 49.5 Å². The molecule has 0 saturated carbocycles. The number of amides is 2. The number of hydrogen-bond acceptors (Lipinski definition) is 4. The van der Waals surface area contributed by atoms with Gasteiger partial charge in [0.2, 0.25) is 21.8 Å². The van der Waals surface area contributed by atoms with Gasteiger partial charge in [0.1, 0.15) is 12.6 Å². The van der Waals surface area contributed by atoms with Crippen LogP contribution >= 0.6 is 39.1 Å². The number of nitrogens with one attached hydrogen (secondary N) is 1. The van der Waals surface area contributed by atoms with Crippen LogP contribution in [0.5, 0.6) is 0 Å². The van der Waals surface area contributed by atoms with Crippen molar-refractivity contribution in [2.45, 2.75) is 45.3 Å². The SMILES string of the molecule is CC(C)(C)NC(=O)[C@H](Cc1ccccc1)N(Cc1ccc(Cl)cc1Cl)C(=O)CN(c1ccc(Br)cc1)S(C)(=O)=O. The van der Waals surface area contributed by atoms with E-state index < -0.39 is 34.1 Å². The average molecular weight is 669 g/mol. The highest BCUT2D eigenvalue weighted by atomic mass is 79.9. The number of halogens is 3. The summed E-state index contributed by atoms with van der Waals surface area (Å²) >= 11 is 15.9. The van der Waals surface area contributed by atoms with Crippen LogP contribution in [0.3, 0.4) is 0 Å². The lowest BCUT2D eigenvalue weighted by atomic mass is 10.0. The van der Waals surface area contributed by atoms with Crippen molar-refractivity contribution in [1.82, 2.24) is 10.2 Å². The number of rotatable bonds is 10. The summed E-state index contributed by atoms with van der Waals surface area (Å²) < 4.78 is 27.5. The van der Waals surface area contributed by atoms with Gasteiger partial charge in [0, 0.05) is 33.0 Å². The van der Waals surface area contributed by atoms with Gasteiger partial charge in [-0.05, 0) is 68.3 Å². The summed E-state index contributed by atoms with van der Waals surface area (Å²) in [6, 6.07) is 19.9. The van der Waals surface area contributed by atoms with Crippen LogP contribution < -0.4 is 9.62 Å². The molecule has 3 aromatic carbocycles. The van der Waals surface area contributed by atoms with Gasteiger partial charge in [-0.2, -0.15) is 0 Å². The summed E-state index contributed by atoms with van der Waals surface area (Å²) in [5, 5.41) is 3.74. The molecule has 1 atom stereocenters. The van der Waals surface area contributed by atoms with Gasteiger partial charge < -0.3 is 10.2 Å². The summed E-state index contributed by atoms with van der Waals surface area (Å²) in [6.07, 6.45) is 1.24. The first-order chi connectivity index (χ1) is 18.6. The Hall–Kier alpha value is -2.59. The summed E-state index contributed by atoms with van der Waals surface area (Å²) in [5.41, 5.74) is 1.15. The Labute approximate surface area is 254 Å². The molecule has 0 aliphatic rings. The zero-order chi connectivity index (χ0) is 29.7. The summed E-state index contributed by atoms with van der Waals surface area (Å²) in [5.74, 6) is -0.936. The number of carbonyl (C=O) groups is 2. The lowest BCUT2D eigenvalue weighted by Crippen LogP contribution is -2.56. The molecule has 11 heteroatoms. The zero-order valence-corrected chi connectivity index (χ0v) is 26.6. The van der Waals surface area contributed by atoms with E-state index in [1.165, 1.54) is 4.90 Å². The molecular weight excluding hydrogens is 637 g/mol. The van der Waals surface area contributed by atoms with Gasteiger partial charge in [-0.25, -0.2) is 8.42 Å². The molecule has 40 heavy (non-hydrogen) atoms. The van der Waals surface area contributed by atoms with Crippen LogP contribution in [0.4, 0.5) is 5.69 Å². The molecule has 0 fully saturated rings. The van der Waals surface area contributed by atoms with Crippen molar-refractivity contribution >= 4 is 66.7 Å². The van der Waals surface area contributed by atoms with Crippen molar-refractivity contribution in [3.05, 3.63) is 98.4 Å². The molecular formula is C29H32BrCl2N3O4S. The molecule has 0 heterocycles. The van der Waals surface area contributed by atoms with Gasteiger partial charge in [-0.1, -0.05) is 75.5 Å². The van der Waals surface area contributed by atoms with Gasteiger partial charge >= 0.3 is 0 Å². The minimum Gasteiger partial charge on any atom is -0.350 e. The number of nitrogens with zero attached hydrogens (tertiary/aromatic N) is 2. The third kappa shape index (κ3) is 9.23. The van der Waals surface area contributed by atoms with Crippen LogP contribution in [0.25, 0.3) is 0 Å². The van der Waals surface area contributed by atoms with E-state index in [4.69, 9.17) is 23.2 Å². The van der Waals surface area contributed by atoms with Gasteiger partial charge in [-0.3, -0.25) is 13.9 Å². The van der Waals surface area contributed by atoms with Crippen LogP contribution in [-0.2, 0) is 32.6 Å². The number of carbonyl (C=O) groups excluding carboxylic acids is 2. The average Bonchev–Trinajstić information content (AvgIpc) is 2.85. The molecule has 0 bridgehead atoms. The molecule has 0 unspecified atom stereocenters. The summed E-state index contributed by atoms with van der Waals surface area (Å²) in [4.78, 5) is 29.2. The van der Waals surface area contributed by atoms with E-state index in [1.54, 1.807) is 42.5 Å². The van der Waals surface area contributed by atoms with Crippen molar-refractivity contribution < 1.29 is 18.0 Å². The van der Waals surface area contributed by atoms with Gasteiger partial charge in [0.15, 0.2) is 0 Å². The smallest absolute Gasteiger partial charge is 0.244 e. The van der Waals surface area contributed by atoms with Crippen LogP contribution in [0.15, 0.2) is 77.3 Å². The van der Waals surface area contributed by atoms with E-state index in [-0.39, 0.29) is 18.9 Å². The number of hydrogen-bond donors (Lipinski definition) is 1. The lowest BCUT2D eigenvalue weighted by molar-refractivity contribution is -0.140.